The maximum absolute atomic E-state index is 10.3. The first-order chi connectivity index (χ1) is 4.67. The fraction of sp³-hybridized carbons (Fsp3) is 1.00. The van der Waals surface area contributed by atoms with Crippen LogP contribution in [0.25, 0.3) is 0 Å². The van der Waals surface area contributed by atoms with Crippen molar-refractivity contribution in [3.05, 3.63) is 0 Å². The molecule has 0 amide bonds. The first kappa shape index (κ1) is 11.1. The Balaban J connectivity index is 4.34. The lowest BCUT2D eigenvalue weighted by atomic mass is 9.90. The van der Waals surface area contributed by atoms with E-state index in [-0.39, 0.29) is 0 Å². The predicted molar refractivity (Wildman–Crippen MR) is 42.7 cm³/mol. The van der Waals surface area contributed by atoms with Crippen LogP contribution in [0.15, 0.2) is 0 Å². The van der Waals surface area contributed by atoms with Crippen molar-refractivity contribution in [2.45, 2.75) is 38.9 Å². The van der Waals surface area contributed by atoms with E-state index in [0.29, 0.717) is 0 Å². The molecule has 0 aliphatic carbocycles. The fourth-order valence-electron chi connectivity index (χ4n) is 0.343. The van der Waals surface area contributed by atoms with Gasteiger partial charge in [0.05, 0.1) is 5.60 Å². The van der Waals surface area contributed by atoms with Gasteiger partial charge in [-0.15, -0.1) is 0 Å². The van der Waals surface area contributed by atoms with Gasteiger partial charge in [0.15, 0.2) is 0 Å². The second kappa shape index (κ2) is 3.23. The van der Waals surface area contributed by atoms with Crippen LogP contribution in [-0.2, 0) is 9.09 Å². The number of hydrogen-bond donors (Lipinski definition) is 2. The Morgan fingerprint density at radius 3 is 1.73 bits per heavy atom. The minimum Gasteiger partial charge on any atom is -0.387 e. The zero-order chi connectivity index (χ0) is 9.28. The van der Waals surface area contributed by atoms with Crippen LogP contribution in [-0.4, -0.2) is 21.2 Å². The minimum atomic E-state index is -2.98. The van der Waals surface area contributed by atoms with Crippen LogP contribution in [0, 0.1) is 0 Å². The summed E-state index contributed by atoms with van der Waals surface area (Å²) in [6, 6.07) is 0. The normalized spacial score (nSPS) is 16.5. The van der Waals surface area contributed by atoms with Crippen molar-refractivity contribution in [1.29, 1.82) is 0 Å². The van der Waals surface area contributed by atoms with Gasteiger partial charge in [-0.3, -0.25) is 4.57 Å². The Bertz CT molecular complexity index is 158. The van der Waals surface area contributed by atoms with Crippen LogP contribution in [0.4, 0.5) is 0 Å². The molecule has 0 saturated carbocycles. The Morgan fingerprint density at radius 2 is 1.64 bits per heavy atom. The summed E-state index contributed by atoms with van der Waals surface area (Å²) < 4.78 is 15.0. The zero-order valence-corrected chi connectivity index (χ0v) is 8.21. The summed E-state index contributed by atoms with van der Waals surface area (Å²) >= 11 is 0. The monoisotopic (exact) mass is 182 g/mol. The van der Waals surface area contributed by atoms with Gasteiger partial charge in [0.2, 0.25) is 0 Å². The van der Waals surface area contributed by atoms with Crippen LogP contribution in [0.2, 0.25) is 0 Å². The van der Waals surface area contributed by atoms with Gasteiger partial charge in [0, 0.05) is 0 Å². The van der Waals surface area contributed by atoms with E-state index in [0.717, 1.165) is 0 Å². The van der Waals surface area contributed by atoms with Crippen molar-refractivity contribution in [3.8, 4) is 0 Å². The third kappa shape index (κ3) is 3.34. The average Bonchev–Trinajstić information content (AvgIpc) is 1.56. The van der Waals surface area contributed by atoms with Gasteiger partial charge >= 0.3 is 8.25 Å². The Labute approximate surface area is 67.1 Å². The van der Waals surface area contributed by atoms with Gasteiger partial charge in [0.1, 0.15) is 5.60 Å². The van der Waals surface area contributed by atoms with Crippen LogP contribution in [0.5, 0.6) is 0 Å². The highest BCUT2D eigenvalue weighted by molar-refractivity contribution is 7.32. The van der Waals surface area contributed by atoms with Crippen LogP contribution < -0.4 is 0 Å². The van der Waals surface area contributed by atoms with E-state index in [1.807, 2.05) is 0 Å². The first-order valence-electron chi connectivity index (χ1n) is 3.31. The predicted octanol–water partition coefficient (Wildman–Crippen LogP) is 0.934. The molecular weight excluding hydrogens is 167 g/mol. The van der Waals surface area contributed by atoms with Crippen molar-refractivity contribution in [2.24, 2.45) is 0 Å². The van der Waals surface area contributed by atoms with Crippen LogP contribution >= 0.6 is 8.25 Å². The van der Waals surface area contributed by atoms with Crippen molar-refractivity contribution < 1.29 is 19.1 Å². The minimum absolute atomic E-state index is 1.00. The Hall–Kier alpha value is 0.110. The SMILES string of the molecule is CC(C)(O)C(C)(C)O[PH](=O)O. The highest BCUT2D eigenvalue weighted by Gasteiger charge is 2.37. The molecule has 0 aliphatic rings. The van der Waals surface area contributed by atoms with E-state index in [2.05, 4.69) is 4.52 Å². The first-order valence-corrected chi connectivity index (χ1v) is 4.57. The van der Waals surface area contributed by atoms with Gasteiger partial charge in [-0.25, -0.2) is 0 Å². The highest BCUT2D eigenvalue weighted by atomic mass is 31.1. The molecule has 11 heavy (non-hydrogen) atoms. The van der Waals surface area contributed by atoms with Crippen molar-refractivity contribution in [1.82, 2.24) is 0 Å². The number of hydrogen-bond acceptors (Lipinski definition) is 3. The molecule has 1 atom stereocenters. The Kier molecular flexibility index (Phi) is 3.27. The molecule has 5 heteroatoms. The molecule has 1 unspecified atom stereocenters. The summed E-state index contributed by atoms with van der Waals surface area (Å²) in [5.74, 6) is 0. The van der Waals surface area contributed by atoms with Crippen molar-refractivity contribution in [2.75, 3.05) is 0 Å². The summed E-state index contributed by atoms with van der Waals surface area (Å²) in [5, 5.41) is 9.44. The maximum atomic E-state index is 10.3. The lowest BCUT2D eigenvalue weighted by Crippen LogP contribution is -2.45. The quantitative estimate of drug-likeness (QED) is 0.637. The molecule has 0 spiro atoms. The smallest absolute Gasteiger partial charge is 0.317 e. The lowest BCUT2D eigenvalue weighted by Gasteiger charge is -2.35. The molecule has 0 heterocycles. The molecule has 0 radical (unpaired) electrons. The summed E-state index contributed by atoms with van der Waals surface area (Å²) in [7, 11) is -2.98. The zero-order valence-electron chi connectivity index (χ0n) is 7.21. The van der Waals surface area contributed by atoms with E-state index >= 15 is 0 Å². The van der Waals surface area contributed by atoms with Crippen molar-refractivity contribution >= 4 is 8.25 Å². The van der Waals surface area contributed by atoms with Crippen LogP contribution in [0.3, 0.4) is 0 Å². The third-order valence-electron chi connectivity index (χ3n) is 1.82. The second-order valence-corrected chi connectivity index (χ2v) is 4.17. The molecule has 0 bridgehead atoms. The molecule has 0 saturated heterocycles. The molecule has 68 valence electrons. The molecule has 4 nitrogen and oxygen atoms in total. The Morgan fingerprint density at radius 1 is 1.27 bits per heavy atom. The largest absolute Gasteiger partial charge is 0.387 e. The highest BCUT2D eigenvalue weighted by Crippen LogP contribution is 2.33. The van der Waals surface area contributed by atoms with E-state index in [9.17, 15) is 9.67 Å². The summed E-state index contributed by atoms with van der Waals surface area (Å²) in [5.41, 5.74) is -2.13. The van der Waals surface area contributed by atoms with Gasteiger partial charge < -0.3 is 14.5 Å². The van der Waals surface area contributed by atoms with E-state index in [1.165, 1.54) is 13.8 Å². The van der Waals surface area contributed by atoms with Gasteiger partial charge in [0.25, 0.3) is 0 Å². The number of rotatable bonds is 3. The molecule has 0 aromatic carbocycles. The standard InChI is InChI=1S/C6H15O4P/c1-5(2,7)6(3,4)10-11(8)9/h7,11H,1-4H3,(H,8,9). The molecular formula is C6H15O4P. The molecule has 0 fully saturated rings. The van der Waals surface area contributed by atoms with Crippen LogP contribution in [0.1, 0.15) is 27.7 Å². The van der Waals surface area contributed by atoms with E-state index in [1.54, 1.807) is 13.8 Å². The molecule has 0 aromatic heterocycles. The maximum Gasteiger partial charge on any atom is 0.317 e. The molecule has 0 aliphatic heterocycles. The van der Waals surface area contributed by atoms with Crippen molar-refractivity contribution in [3.63, 3.8) is 0 Å². The summed E-state index contributed by atoms with van der Waals surface area (Å²) in [6.45, 7) is 6.17. The third-order valence-corrected chi connectivity index (χ3v) is 2.50. The summed E-state index contributed by atoms with van der Waals surface area (Å²) in [4.78, 5) is 8.46. The average molecular weight is 182 g/mol. The molecule has 0 aromatic rings. The topological polar surface area (TPSA) is 66.8 Å². The fourth-order valence-corrected chi connectivity index (χ4v) is 1.03. The van der Waals surface area contributed by atoms with Gasteiger partial charge in [-0.05, 0) is 27.7 Å². The molecule has 0 rings (SSSR count). The number of aliphatic hydroxyl groups is 1. The second-order valence-electron chi connectivity index (χ2n) is 3.44. The lowest BCUT2D eigenvalue weighted by molar-refractivity contribution is -0.0913. The van der Waals surface area contributed by atoms with E-state index < -0.39 is 19.5 Å². The summed E-state index contributed by atoms with van der Waals surface area (Å²) in [6.07, 6.45) is 0. The van der Waals surface area contributed by atoms with E-state index in [4.69, 9.17) is 4.89 Å². The van der Waals surface area contributed by atoms with Gasteiger partial charge in [-0.1, -0.05) is 0 Å². The van der Waals surface area contributed by atoms with Gasteiger partial charge in [-0.2, -0.15) is 0 Å². The molecule has 2 N–H and O–H groups in total.